The van der Waals surface area contributed by atoms with Crippen molar-refractivity contribution < 1.29 is 19.4 Å². The van der Waals surface area contributed by atoms with Crippen LogP contribution in [0.2, 0.25) is 0 Å². The van der Waals surface area contributed by atoms with Crippen LogP contribution in [0.15, 0.2) is 42.5 Å². The molecule has 0 unspecified atom stereocenters. The molecule has 0 aliphatic carbocycles. The molecule has 23 heavy (non-hydrogen) atoms. The van der Waals surface area contributed by atoms with Crippen molar-refractivity contribution in [3.05, 3.63) is 64.7 Å². The van der Waals surface area contributed by atoms with Crippen molar-refractivity contribution in [3.8, 4) is 11.5 Å². The van der Waals surface area contributed by atoms with E-state index in [-0.39, 0.29) is 0 Å². The number of ether oxygens (including phenoxy) is 2. The Morgan fingerprint density at radius 2 is 1.87 bits per heavy atom. The molecule has 0 amide bonds. The number of benzene rings is 2. The van der Waals surface area contributed by atoms with Crippen LogP contribution < -0.4 is 9.47 Å². The van der Waals surface area contributed by atoms with E-state index in [4.69, 9.17) is 14.6 Å². The lowest BCUT2D eigenvalue weighted by Crippen LogP contribution is -2.01. The highest BCUT2D eigenvalue weighted by Gasteiger charge is 2.08. The van der Waals surface area contributed by atoms with E-state index >= 15 is 0 Å². The summed E-state index contributed by atoms with van der Waals surface area (Å²) in [5, 5.41) is 8.72. The maximum atomic E-state index is 10.6. The van der Waals surface area contributed by atoms with Gasteiger partial charge in [-0.3, -0.25) is 0 Å². The molecule has 0 bridgehead atoms. The molecule has 0 aromatic heterocycles. The molecule has 120 valence electrons. The second-order valence-electron chi connectivity index (χ2n) is 5.25. The van der Waals surface area contributed by atoms with Crippen LogP contribution in [-0.4, -0.2) is 18.2 Å². The minimum Gasteiger partial charge on any atom is -0.496 e. The predicted molar refractivity (Wildman–Crippen MR) is 89.9 cm³/mol. The van der Waals surface area contributed by atoms with E-state index in [1.54, 1.807) is 19.3 Å². The summed E-state index contributed by atoms with van der Waals surface area (Å²) in [5.74, 6) is 0.596. The fraction of sp³-hybridized carbons (Fsp3) is 0.211. The molecule has 2 rings (SSSR count). The van der Waals surface area contributed by atoms with Gasteiger partial charge in [0.1, 0.15) is 18.1 Å². The van der Waals surface area contributed by atoms with Crippen LogP contribution in [0.5, 0.6) is 11.5 Å². The van der Waals surface area contributed by atoms with Gasteiger partial charge in [-0.15, -0.1) is 0 Å². The first-order valence-electron chi connectivity index (χ1n) is 7.28. The molecule has 1 N–H and O–H groups in total. The largest absolute Gasteiger partial charge is 0.496 e. The Hall–Kier alpha value is -2.75. The molecular formula is C19H20O4. The van der Waals surface area contributed by atoms with Crippen LogP contribution in [0.1, 0.15) is 22.3 Å². The number of hydrogen-bond acceptors (Lipinski definition) is 3. The first-order valence-corrected chi connectivity index (χ1v) is 7.28. The Labute approximate surface area is 136 Å². The van der Waals surface area contributed by atoms with E-state index in [2.05, 4.69) is 0 Å². The Morgan fingerprint density at radius 3 is 2.48 bits per heavy atom. The lowest BCUT2D eigenvalue weighted by molar-refractivity contribution is -0.131. The number of carboxylic acids is 1. The monoisotopic (exact) mass is 312 g/mol. The minimum absolute atomic E-state index is 0.351. The molecular weight excluding hydrogens is 292 g/mol. The Kier molecular flexibility index (Phi) is 5.41. The van der Waals surface area contributed by atoms with Crippen molar-refractivity contribution in [2.75, 3.05) is 7.11 Å². The summed E-state index contributed by atoms with van der Waals surface area (Å²) in [6, 6.07) is 11.5. The first-order chi connectivity index (χ1) is 11.0. The Bertz CT molecular complexity index is 712. The smallest absolute Gasteiger partial charge is 0.328 e. The van der Waals surface area contributed by atoms with Gasteiger partial charge in [-0.25, -0.2) is 4.79 Å². The van der Waals surface area contributed by atoms with Crippen LogP contribution in [0.4, 0.5) is 0 Å². The van der Waals surface area contributed by atoms with E-state index in [1.807, 2.05) is 44.2 Å². The van der Waals surface area contributed by atoms with Crippen LogP contribution in [0.3, 0.4) is 0 Å². The number of aryl methyl sites for hydroxylation is 2. The molecule has 4 heteroatoms. The van der Waals surface area contributed by atoms with Gasteiger partial charge in [-0.05, 0) is 48.7 Å². The van der Waals surface area contributed by atoms with E-state index in [9.17, 15) is 4.79 Å². The third-order valence-electron chi connectivity index (χ3n) is 3.50. The third kappa shape index (κ3) is 4.36. The van der Waals surface area contributed by atoms with Crippen LogP contribution in [0.25, 0.3) is 6.08 Å². The number of methoxy groups -OCH3 is 1. The molecule has 2 aromatic carbocycles. The number of hydrogen-bond donors (Lipinski definition) is 1. The number of aliphatic carboxylic acids is 1. The SMILES string of the molecule is COc1ccc(C=CC(=O)O)cc1COc1c(C)cccc1C. The van der Waals surface area contributed by atoms with Gasteiger partial charge in [0, 0.05) is 11.6 Å². The highest BCUT2D eigenvalue weighted by molar-refractivity contribution is 5.85. The summed E-state index contributed by atoms with van der Waals surface area (Å²) < 4.78 is 11.3. The number of carbonyl (C=O) groups is 1. The normalized spacial score (nSPS) is 10.7. The van der Waals surface area contributed by atoms with Crippen LogP contribution in [-0.2, 0) is 11.4 Å². The van der Waals surface area contributed by atoms with E-state index in [0.29, 0.717) is 12.4 Å². The molecule has 0 radical (unpaired) electrons. The second kappa shape index (κ2) is 7.49. The molecule has 0 spiro atoms. The fourth-order valence-corrected chi connectivity index (χ4v) is 2.36. The standard InChI is InChI=1S/C19H20O4/c1-13-5-4-6-14(2)19(13)23-12-16-11-15(8-10-18(20)21)7-9-17(16)22-3/h4-11H,12H2,1-3H3,(H,20,21). The quantitative estimate of drug-likeness (QED) is 0.819. The van der Waals surface area contributed by atoms with Gasteiger partial charge < -0.3 is 14.6 Å². The highest BCUT2D eigenvalue weighted by atomic mass is 16.5. The number of rotatable bonds is 6. The van der Waals surface area contributed by atoms with Crippen molar-refractivity contribution >= 4 is 12.0 Å². The summed E-state index contributed by atoms with van der Waals surface area (Å²) in [7, 11) is 1.60. The van der Waals surface area contributed by atoms with E-state index in [1.165, 1.54) is 0 Å². The first kappa shape index (κ1) is 16.6. The minimum atomic E-state index is -0.978. The molecule has 0 saturated carbocycles. The Balaban J connectivity index is 2.24. The van der Waals surface area contributed by atoms with Gasteiger partial charge in [0.05, 0.1) is 7.11 Å². The van der Waals surface area contributed by atoms with E-state index < -0.39 is 5.97 Å². The summed E-state index contributed by atoms with van der Waals surface area (Å²) in [4.78, 5) is 10.6. The van der Waals surface area contributed by atoms with Gasteiger partial charge in [0.15, 0.2) is 0 Å². The van der Waals surface area contributed by atoms with Crippen LogP contribution in [0, 0.1) is 13.8 Å². The summed E-state index contributed by atoms with van der Waals surface area (Å²) in [5.41, 5.74) is 3.80. The van der Waals surface area contributed by atoms with Gasteiger partial charge >= 0.3 is 5.97 Å². The highest BCUT2D eigenvalue weighted by Crippen LogP contribution is 2.26. The zero-order valence-electron chi connectivity index (χ0n) is 13.5. The molecule has 0 fully saturated rings. The van der Waals surface area contributed by atoms with Crippen molar-refractivity contribution in [2.45, 2.75) is 20.5 Å². The van der Waals surface area contributed by atoms with Gasteiger partial charge in [-0.2, -0.15) is 0 Å². The maximum absolute atomic E-state index is 10.6. The van der Waals surface area contributed by atoms with E-state index in [0.717, 1.165) is 34.1 Å². The lowest BCUT2D eigenvalue weighted by Gasteiger charge is -2.14. The molecule has 2 aromatic rings. The van der Waals surface area contributed by atoms with Gasteiger partial charge in [-0.1, -0.05) is 24.3 Å². The predicted octanol–water partition coefficient (Wildman–Crippen LogP) is 3.99. The fourth-order valence-electron chi connectivity index (χ4n) is 2.36. The second-order valence-corrected chi connectivity index (χ2v) is 5.25. The zero-order valence-corrected chi connectivity index (χ0v) is 13.5. The lowest BCUT2D eigenvalue weighted by atomic mass is 10.1. The summed E-state index contributed by atoms with van der Waals surface area (Å²) in [6.07, 6.45) is 2.65. The van der Waals surface area contributed by atoms with Crippen LogP contribution >= 0.6 is 0 Å². The van der Waals surface area contributed by atoms with Crippen molar-refractivity contribution in [2.24, 2.45) is 0 Å². The van der Waals surface area contributed by atoms with Gasteiger partial charge in [0.25, 0.3) is 0 Å². The number of para-hydroxylation sites is 1. The topological polar surface area (TPSA) is 55.8 Å². The average Bonchev–Trinajstić information content (AvgIpc) is 2.52. The van der Waals surface area contributed by atoms with Crippen molar-refractivity contribution in [3.63, 3.8) is 0 Å². The van der Waals surface area contributed by atoms with Gasteiger partial charge in [0.2, 0.25) is 0 Å². The zero-order chi connectivity index (χ0) is 16.8. The molecule has 0 saturated heterocycles. The number of carboxylic acid groups (broad SMARTS) is 1. The molecule has 0 aliphatic rings. The maximum Gasteiger partial charge on any atom is 0.328 e. The summed E-state index contributed by atoms with van der Waals surface area (Å²) in [6.45, 7) is 4.36. The third-order valence-corrected chi connectivity index (χ3v) is 3.50. The Morgan fingerprint density at radius 1 is 1.17 bits per heavy atom. The molecule has 0 atom stereocenters. The van der Waals surface area contributed by atoms with Crippen molar-refractivity contribution in [1.29, 1.82) is 0 Å². The van der Waals surface area contributed by atoms with Crippen molar-refractivity contribution in [1.82, 2.24) is 0 Å². The molecule has 4 nitrogen and oxygen atoms in total. The molecule has 0 heterocycles. The summed E-state index contributed by atoms with van der Waals surface area (Å²) >= 11 is 0. The molecule has 0 aliphatic heterocycles. The average molecular weight is 312 g/mol.